The molecule has 0 aliphatic carbocycles. The van der Waals surface area contributed by atoms with Crippen LogP contribution in [0.2, 0.25) is 0 Å². The first-order valence-corrected chi connectivity index (χ1v) is 7.64. The quantitative estimate of drug-likeness (QED) is 0.731. The zero-order valence-corrected chi connectivity index (χ0v) is 12.8. The molecule has 0 spiro atoms. The third-order valence-corrected chi connectivity index (χ3v) is 5.22. The van der Waals surface area contributed by atoms with E-state index in [1.54, 1.807) is 13.1 Å². The molecular formula is C13H16N2O5S. The molecule has 114 valence electrons. The number of carbonyl (C=O) groups excluding carboxylic acids is 2. The molecule has 0 atom stereocenters. The Bertz CT molecular complexity index is 699. The zero-order chi connectivity index (χ0) is 15.8. The standard InChI is InChI=1S/C13H16N2O5S/c1-14(8-13(17)20-3)21(18,19)10-4-5-11-9(6-10)7-12(16)15(11)2/h4-6H,7-8H2,1-3H3. The van der Waals surface area contributed by atoms with Gasteiger partial charge in [0.25, 0.3) is 0 Å². The van der Waals surface area contributed by atoms with Gasteiger partial charge in [-0.15, -0.1) is 0 Å². The van der Waals surface area contributed by atoms with Gasteiger partial charge in [-0.05, 0) is 23.8 Å². The molecule has 0 fully saturated rings. The highest BCUT2D eigenvalue weighted by Gasteiger charge is 2.28. The van der Waals surface area contributed by atoms with E-state index in [1.165, 1.54) is 31.2 Å². The van der Waals surface area contributed by atoms with Crippen molar-refractivity contribution in [2.24, 2.45) is 0 Å². The number of amides is 1. The van der Waals surface area contributed by atoms with Crippen LogP contribution in [0, 0.1) is 0 Å². The fraction of sp³-hybridized carbons (Fsp3) is 0.385. The predicted molar refractivity (Wildman–Crippen MR) is 75.4 cm³/mol. The lowest BCUT2D eigenvalue weighted by Gasteiger charge is -2.17. The molecule has 1 amide bonds. The molecule has 0 saturated carbocycles. The topological polar surface area (TPSA) is 84.0 Å². The van der Waals surface area contributed by atoms with Gasteiger partial charge < -0.3 is 9.64 Å². The second-order valence-electron chi connectivity index (χ2n) is 4.76. The summed E-state index contributed by atoms with van der Waals surface area (Å²) in [5, 5.41) is 0. The molecule has 1 aliphatic heterocycles. The molecule has 1 heterocycles. The van der Waals surface area contributed by atoms with Gasteiger partial charge in [-0.25, -0.2) is 8.42 Å². The summed E-state index contributed by atoms with van der Waals surface area (Å²) in [6.07, 6.45) is 0.176. The van der Waals surface area contributed by atoms with Crippen molar-refractivity contribution < 1.29 is 22.7 Å². The van der Waals surface area contributed by atoms with Crippen LogP contribution in [0.15, 0.2) is 23.1 Å². The van der Waals surface area contributed by atoms with E-state index in [0.717, 1.165) is 4.31 Å². The van der Waals surface area contributed by atoms with E-state index in [2.05, 4.69) is 4.74 Å². The molecule has 0 saturated heterocycles. The normalized spacial score (nSPS) is 14.5. The Morgan fingerprint density at radius 3 is 2.71 bits per heavy atom. The van der Waals surface area contributed by atoms with Crippen molar-refractivity contribution in [3.8, 4) is 0 Å². The molecule has 1 aromatic carbocycles. The fourth-order valence-electron chi connectivity index (χ4n) is 2.12. The second-order valence-corrected chi connectivity index (χ2v) is 6.80. The van der Waals surface area contributed by atoms with Crippen LogP contribution in [0.25, 0.3) is 0 Å². The number of hydrogen-bond acceptors (Lipinski definition) is 5. The molecular weight excluding hydrogens is 296 g/mol. The number of likely N-dealkylation sites (N-methyl/N-ethyl adjacent to an activating group) is 2. The molecule has 21 heavy (non-hydrogen) atoms. The van der Waals surface area contributed by atoms with Crippen LogP contribution in [0.1, 0.15) is 5.56 Å². The lowest BCUT2D eigenvalue weighted by molar-refractivity contribution is -0.140. The summed E-state index contributed by atoms with van der Waals surface area (Å²) >= 11 is 0. The Morgan fingerprint density at radius 2 is 2.10 bits per heavy atom. The summed E-state index contributed by atoms with van der Waals surface area (Å²) in [4.78, 5) is 24.4. The fourth-order valence-corrected chi connectivity index (χ4v) is 3.28. The Labute approximate surface area is 123 Å². The summed E-state index contributed by atoms with van der Waals surface area (Å²) in [6, 6.07) is 4.50. The van der Waals surface area contributed by atoms with E-state index in [0.29, 0.717) is 11.3 Å². The molecule has 0 bridgehead atoms. The van der Waals surface area contributed by atoms with Crippen LogP contribution in [0.3, 0.4) is 0 Å². The van der Waals surface area contributed by atoms with Crippen molar-refractivity contribution >= 4 is 27.6 Å². The molecule has 1 aliphatic rings. The zero-order valence-electron chi connectivity index (χ0n) is 12.0. The number of hydrogen-bond donors (Lipinski definition) is 0. The number of rotatable bonds is 4. The number of nitrogens with zero attached hydrogens (tertiary/aromatic N) is 2. The predicted octanol–water partition coefficient (Wildman–Crippen LogP) is -0.00100. The molecule has 0 N–H and O–H groups in total. The van der Waals surface area contributed by atoms with Crippen LogP contribution in [0.5, 0.6) is 0 Å². The van der Waals surface area contributed by atoms with Crippen LogP contribution < -0.4 is 4.90 Å². The average Bonchev–Trinajstić information content (AvgIpc) is 2.73. The van der Waals surface area contributed by atoms with Gasteiger partial charge in [-0.1, -0.05) is 0 Å². The Kier molecular flexibility index (Phi) is 4.02. The third-order valence-electron chi connectivity index (χ3n) is 3.42. The number of fused-ring (bicyclic) bond motifs is 1. The Balaban J connectivity index is 2.32. The molecule has 7 nitrogen and oxygen atoms in total. The van der Waals surface area contributed by atoms with Crippen molar-refractivity contribution in [1.82, 2.24) is 4.31 Å². The van der Waals surface area contributed by atoms with E-state index in [1.807, 2.05) is 0 Å². The maximum atomic E-state index is 12.4. The van der Waals surface area contributed by atoms with E-state index in [9.17, 15) is 18.0 Å². The van der Waals surface area contributed by atoms with Gasteiger partial charge in [0.15, 0.2) is 0 Å². The van der Waals surface area contributed by atoms with Crippen molar-refractivity contribution in [3.63, 3.8) is 0 Å². The monoisotopic (exact) mass is 312 g/mol. The molecule has 1 aromatic rings. The average molecular weight is 312 g/mol. The number of carbonyl (C=O) groups is 2. The molecule has 8 heteroatoms. The lowest BCUT2D eigenvalue weighted by atomic mass is 10.2. The first-order chi connectivity index (χ1) is 9.77. The van der Waals surface area contributed by atoms with Crippen molar-refractivity contribution in [2.45, 2.75) is 11.3 Å². The minimum atomic E-state index is -3.80. The van der Waals surface area contributed by atoms with E-state index >= 15 is 0 Å². The van der Waals surface area contributed by atoms with Crippen LogP contribution in [-0.4, -0.2) is 52.3 Å². The number of benzene rings is 1. The van der Waals surface area contributed by atoms with Gasteiger partial charge in [0, 0.05) is 19.8 Å². The number of methoxy groups -OCH3 is 1. The van der Waals surface area contributed by atoms with Crippen LogP contribution in [-0.2, 0) is 30.8 Å². The number of anilines is 1. The summed E-state index contributed by atoms with van der Waals surface area (Å²) in [6.45, 7) is -0.366. The largest absolute Gasteiger partial charge is 0.468 e. The van der Waals surface area contributed by atoms with E-state index < -0.39 is 16.0 Å². The molecule has 0 unspecified atom stereocenters. The summed E-state index contributed by atoms with van der Waals surface area (Å²) in [7, 11) is 0.343. The van der Waals surface area contributed by atoms with Crippen molar-refractivity contribution in [3.05, 3.63) is 23.8 Å². The van der Waals surface area contributed by atoms with Gasteiger partial charge in [0.05, 0.1) is 18.4 Å². The van der Waals surface area contributed by atoms with Crippen molar-refractivity contribution in [2.75, 3.05) is 32.6 Å². The van der Waals surface area contributed by atoms with Gasteiger partial charge in [0.1, 0.15) is 6.54 Å². The molecule has 2 rings (SSSR count). The minimum Gasteiger partial charge on any atom is -0.468 e. The second kappa shape index (κ2) is 5.45. The summed E-state index contributed by atoms with van der Waals surface area (Å²) in [5.74, 6) is -0.723. The first-order valence-electron chi connectivity index (χ1n) is 6.20. The first kappa shape index (κ1) is 15.5. The SMILES string of the molecule is COC(=O)CN(C)S(=O)(=O)c1ccc2c(c1)CC(=O)N2C. The van der Waals surface area contributed by atoms with Gasteiger partial charge in [-0.2, -0.15) is 4.31 Å². The van der Waals surface area contributed by atoms with Crippen LogP contribution in [0.4, 0.5) is 5.69 Å². The summed E-state index contributed by atoms with van der Waals surface area (Å²) in [5.41, 5.74) is 1.37. The highest BCUT2D eigenvalue weighted by atomic mass is 32.2. The smallest absolute Gasteiger partial charge is 0.321 e. The minimum absolute atomic E-state index is 0.0516. The number of esters is 1. The summed E-state index contributed by atoms with van der Waals surface area (Å²) < 4.78 is 30.1. The lowest BCUT2D eigenvalue weighted by Crippen LogP contribution is -2.32. The molecule has 0 aromatic heterocycles. The maximum absolute atomic E-state index is 12.4. The van der Waals surface area contributed by atoms with E-state index in [-0.39, 0.29) is 23.8 Å². The van der Waals surface area contributed by atoms with Gasteiger partial charge in [-0.3, -0.25) is 9.59 Å². The highest BCUT2D eigenvalue weighted by molar-refractivity contribution is 7.89. The molecule has 0 radical (unpaired) electrons. The van der Waals surface area contributed by atoms with Gasteiger partial charge >= 0.3 is 5.97 Å². The highest BCUT2D eigenvalue weighted by Crippen LogP contribution is 2.30. The third kappa shape index (κ3) is 2.77. The number of ether oxygens (including phenoxy) is 1. The van der Waals surface area contributed by atoms with Gasteiger partial charge in [0.2, 0.25) is 15.9 Å². The number of sulfonamides is 1. The van der Waals surface area contributed by atoms with Crippen molar-refractivity contribution in [1.29, 1.82) is 0 Å². The Hall–Kier alpha value is -1.93. The Morgan fingerprint density at radius 1 is 1.43 bits per heavy atom. The maximum Gasteiger partial charge on any atom is 0.321 e. The van der Waals surface area contributed by atoms with Crippen LogP contribution >= 0.6 is 0 Å². The van der Waals surface area contributed by atoms with E-state index in [4.69, 9.17) is 0 Å².